The Kier molecular flexibility index (Phi) is 2.30. The summed E-state index contributed by atoms with van der Waals surface area (Å²) in [6, 6.07) is 3.73. The minimum Gasteiger partial charge on any atom is -0.441 e. The van der Waals surface area contributed by atoms with Crippen molar-refractivity contribution in [1.29, 1.82) is 0 Å². The second-order valence-electron chi connectivity index (χ2n) is 2.78. The first kappa shape index (κ1) is 9.03. The second kappa shape index (κ2) is 3.31. The van der Waals surface area contributed by atoms with E-state index < -0.39 is 0 Å². The molecule has 0 fully saturated rings. The standard InChI is InChI=1S/C9H7BrClNO/c1-5-12-8-2-6(4-10)7(11)3-9(8)13-5/h2-3H,4H2,1H3. The summed E-state index contributed by atoms with van der Waals surface area (Å²) in [5.41, 5.74) is 2.63. The molecule has 0 atom stereocenters. The van der Waals surface area contributed by atoms with Gasteiger partial charge in [-0.25, -0.2) is 4.98 Å². The lowest BCUT2D eigenvalue weighted by atomic mass is 10.2. The lowest BCUT2D eigenvalue weighted by Crippen LogP contribution is -1.79. The first-order valence-electron chi connectivity index (χ1n) is 3.82. The molecular formula is C9H7BrClNO. The summed E-state index contributed by atoms with van der Waals surface area (Å²) in [6.45, 7) is 1.82. The zero-order valence-corrected chi connectivity index (χ0v) is 9.32. The number of benzene rings is 1. The maximum Gasteiger partial charge on any atom is 0.192 e. The Hall–Kier alpha value is -0.540. The number of nitrogens with zero attached hydrogens (tertiary/aromatic N) is 1. The molecule has 1 aromatic carbocycles. The number of aromatic nitrogens is 1. The van der Waals surface area contributed by atoms with Crippen LogP contribution in [0.2, 0.25) is 5.02 Å². The smallest absolute Gasteiger partial charge is 0.192 e. The molecule has 0 N–H and O–H groups in total. The molecule has 2 nitrogen and oxygen atoms in total. The summed E-state index contributed by atoms with van der Waals surface area (Å²) in [6.07, 6.45) is 0. The SMILES string of the molecule is Cc1nc2cc(CBr)c(Cl)cc2o1. The molecule has 0 radical (unpaired) electrons. The summed E-state index contributed by atoms with van der Waals surface area (Å²) in [7, 11) is 0. The lowest BCUT2D eigenvalue weighted by Gasteiger charge is -1.97. The quantitative estimate of drug-likeness (QED) is 0.731. The van der Waals surface area contributed by atoms with Crippen LogP contribution in [0.5, 0.6) is 0 Å². The fourth-order valence-corrected chi connectivity index (χ4v) is 2.06. The number of oxazole rings is 1. The summed E-state index contributed by atoms with van der Waals surface area (Å²) >= 11 is 9.35. The Morgan fingerprint density at radius 3 is 3.00 bits per heavy atom. The van der Waals surface area contributed by atoms with E-state index in [2.05, 4.69) is 20.9 Å². The molecule has 0 aliphatic carbocycles. The van der Waals surface area contributed by atoms with Gasteiger partial charge in [-0.05, 0) is 11.6 Å². The molecule has 0 aliphatic rings. The van der Waals surface area contributed by atoms with Crippen LogP contribution in [0.4, 0.5) is 0 Å². The molecular weight excluding hydrogens is 253 g/mol. The number of halogens is 2. The fourth-order valence-electron chi connectivity index (χ4n) is 1.21. The van der Waals surface area contributed by atoms with E-state index in [1.807, 2.05) is 13.0 Å². The van der Waals surface area contributed by atoms with Crippen LogP contribution >= 0.6 is 27.5 Å². The molecule has 0 bridgehead atoms. The number of rotatable bonds is 1. The summed E-state index contributed by atoms with van der Waals surface area (Å²) in [5, 5.41) is 1.44. The Balaban J connectivity index is 2.72. The van der Waals surface area contributed by atoms with Gasteiger partial charge >= 0.3 is 0 Å². The van der Waals surface area contributed by atoms with Crippen molar-refractivity contribution in [3.8, 4) is 0 Å². The van der Waals surface area contributed by atoms with Gasteiger partial charge in [0.05, 0.1) is 0 Å². The molecule has 0 unspecified atom stereocenters. The summed E-state index contributed by atoms with van der Waals surface area (Å²) < 4.78 is 5.34. The van der Waals surface area contributed by atoms with Crippen LogP contribution in [-0.2, 0) is 5.33 Å². The predicted octanol–water partition coefficient (Wildman–Crippen LogP) is 3.68. The molecule has 0 amide bonds. The Morgan fingerprint density at radius 2 is 2.31 bits per heavy atom. The molecule has 4 heteroatoms. The lowest BCUT2D eigenvalue weighted by molar-refractivity contribution is 0.561. The van der Waals surface area contributed by atoms with Crippen molar-refractivity contribution in [1.82, 2.24) is 4.98 Å². The Labute approximate surface area is 89.0 Å². The van der Waals surface area contributed by atoms with Gasteiger partial charge in [0.15, 0.2) is 11.5 Å². The van der Waals surface area contributed by atoms with Crippen LogP contribution in [0, 0.1) is 6.92 Å². The van der Waals surface area contributed by atoms with Crippen molar-refractivity contribution in [3.05, 3.63) is 28.6 Å². The zero-order chi connectivity index (χ0) is 9.42. The zero-order valence-electron chi connectivity index (χ0n) is 6.97. The van der Waals surface area contributed by atoms with Gasteiger partial charge < -0.3 is 4.42 Å². The van der Waals surface area contributed by atoms with Crippen LogP contribution in [0.15, 0.2) is 16.5 Å². The maximum atomic E-state index is 5.99. The van der Waals surface area contributed by atoms with E-state index in [0.717, 1.165) is 22.0 Å². The van der Waals surface area contributed by atoms with Crippen molar-refractivity contribution in [3.63, 3.8) is 0 Å². The first-order chi connectivity index (χ1) is 6.20. The van der Waals surface area contributed by atoms with Gasteiger partial charge in [-0.1, -0.05) is 27.5 Å². The fraction of sp³-hybridized carbons (Fsp3) is 0.222. The van der Waals surface area contributed by atoms with E-state index in [4.69, 9.17) is 16.0 Å². The van der Waals surface area contributed by atoms with Gasteiger partial charge in [0.2, 0.25) is 0 Å². The Morgan fingerprint density at radius 1 is 1.54 bits per heavy atom. The molecule has 0 saturated heterocycles. The largest absolute Gasteiger partial charge is 0.441 e. The first-order valence-corrected chi connectivity index (χ1v) is 5.32. The van der Waals surface area contributed by atoms with Crippen molar-refractivity contribution in [2.45, 2.75) is 12.3 Å². The summed E-state index contributed by atoms with van der Waals surface area (Å²) in [5.74, 6) is 0.665. The topological polar surface area (TPSA) is 26.0 Å². The highest BCUT2D eigenvalue weighted by Crippen LogP contribution is 2.25. The van der Waals surface area contributed by atoms with Crippen LogP contribution in [0.25, 0.3) is 11.1 Å². The predicted molar refractivity (Wildman–Crippen MR) is 56.4 cm³/mol. The minimum absolute atomic E-state index is 0.665. The van der Waals surface area contributed by atoms with Gasteiger partial charge in [-0.2, -0.15) is 0 Å². The van der Waals surface area contributed by atoms with Gasteiger partial charge in [-0.3, -0.25) is 0 Å². The second-order valence-corrected chi connectivity index (χ2v) is 3.75. The number of aryl methyl sites for hydroxylation is 1. The summed E-state index contributed by atoms with van der Waals surface area (Å²) in [4.78, 5) is 4.22. The van der Waals surface area contributed by atoms with Crippen LogP contribution in [0.1, 0.15) is 11.5 Å². The van der Waals surface area contributed by atoms with Crippen LogP contribution < -0.4 is 0 Å². The normalized spacial score (nSPS) is 11.0. The molecule has 0 saturated carbocycles. The van der Waals surface area contributed by atoms with E-state index >= 15 is 0 Å². The van der Waals surface area contributed by atoms with Crippen molar-refractivity contribution < 1.29 is 4.42 Å². The molecule has 0 aliphatic heterocycles. The number of hydrogen-bond donors (Lipinski definition) is 0. The number of alkyl halides is 1. The average molecular weight is 261 g/mol. The molecule has 68 valence electrons. The van der Waals surface area contributed by atoms with E-state index in [-0.39, 0.29) is 0 Å². The molecule has 2 rings (SSSR count). The monoisotopic (exact) mass is 259 g/mol. The minimum atomic E-state index is 0.665. The van der Waals surface area contributed by atoms with Crippen molar-refractivity contribution >= 4 is 38.6 Å². The molecule has 2 aromatic rings. The van der Waals surface area contributed by atoms with Gasteiger partial charge in [-0.15, -0.1) is 0 Å². The highest BCUT2D eigenvalue weighted by atomic mass is 79.9. The van der Waals surface area contributed by atoms with Gasteiger partial charge in [0.25, 0.3) is 0 Å². The van der Waals surface area contributed by atoms with Gasteiger partial charge in [0, 0.05) is 23.3 Å². The van der Waals surface area contributed by atoms with Crippen LogP contribution in [0.3, 0.4) is 0 Å². The number of fused-ring (bicyclic) bond motifs is 1. The molecule has 1 aromatic heterocycles. The van der Waals surface area contributed by atoms with Crippen molar-refractivity contribution in [2.75, 3.05) is 0 Å². The third-order valence-electron chi connectivity index (χ3n) is 1.81. The molecule has 13 heavy (non-hydrogen) atoms. The average Bonchev–Trinajstić information content (AvgIpc) is 2.42. The highest BCUT2D eigenvalue weighted by molar-refractivity contribution is 9.08. The van der Waals surface area contributed by atoms with E-state index in [1.165, 1.54) is 0 Å². The third-order valence-corrected chi connectivity index (χ3v) is 2.76. The number of hydrogen-bond acceptors (Lipinski definition) is 2. The van der Waals surface area contributed by atoms with E-state index in [0.29, 0.717) is 10.9 Å². The van der Waals surface area contributed by atoms with E-state index in [1.54, 1.807) is 6.07 Å². The van der Waals surface area contributed by atoms with Gasteiger partial charge in [0.1, 0.15) is 5.52 Å². The molecule has 0 spiro atoms. The Bertz CT molecular complexity index is 452. The van der Waals surface area contributed by atoms with E-state index in [9.17, 15) is 0 Å². The molecule has 1 heterocycles. The maximum absolute atomic E-state index is 5.99. The third kappa shape index (κ3) is 1.58. The van der Waals surface area contributed by atoms with Crippen LogP contribution in [-0.4, -0.2) is 4.98 Å². The highest BCUT2D eigenvalue weighted by Gasteiger charge is 2.06. The van der Waals surface area contributed by atoms with Crippen molar-refractivity contribution in [2.24, 2.45) is 0 Å².